The molecule has 0 amide bonds. The molecule has 0 saturated heterocycles. The first-order valence-corrected chi connectivity index (χ1v) is 2.41. The summed E-state index contributed by atoms with van der Waals surface area (Å²) in [6.45, 7) is 10.3. The minimum atomic E-state index is 0. The third-order valence-corrected chi connectivity index (χ3v) is 0.957. The molecule has 0 N–H and O–H groups in total. The van der Waals surface area contributed by atoms with Crippen LogP contribution in [-0.4, -0.2) is 0 Å². The van der Waals surface area contributed by atoms with Crippen LogP contribution in [0.25, 0.3) is 0 Å². The quantitative estimate of drug-likeness (QED) is 0.556. The summed E-state index contributed by atoms with van der Waals surface area (Å²) in [5, 5.41) is 0. The van der Waals surface area contributed by atoms with Crippen molar-refractivity contribution in [3.63, 3.8) is 0 Å². The summed E-state index contributed by atoms with van der Waals surface area (Å²) >= 11 is 0. The largest absolute Gasteiger partial charge is 0.358 e. The van der Waals surface area contributed by atoms with Crippen LogP contribution in [0.15, 0.2) is 0 Å². The first-order valence-electron chi connectivity index (χ1n) is 2.41. The maximum Gasteiger partial charge on any atom is 0 e. The summed E-state index contributed by atoms with van der Waals surface area (Å²) in [6, 6.07) is 0. The zero-order valence-corrected chi connectivity index (χ0v) is 9.33. The van der Waals surface area contributed by atoms with Gasteiger partial charge in [-0.3, -0.25) is 0 Å². The molecule has 0 heterocycles. The van der Waals surface area contributed by atoms with E-state index >= 15 is 0 Å². The second-order valence-electron chi connectivity index (χ2n) is 2.52. The predicted octanol–water partition coefficient (Wildman–Crippen LogP) is 2.70. The molecule has 0 aliphatic rings. The van der Waals surface area contributed by atoms with Gasteiger partial charge in [0.1, 0.15) is 0 Å². The summed E-state index contributed by atoms with van der Waals surface area (Å²) < 4.78 is 0. The first kappa shape index (κ1) is 16.0. The van der Waals surface area contributed by atoms with Gasteiger partial charge in [-0.25, -0.2) is 0 Å². The van der Waals surface area contributed by atoms with Gasteiger partial charge in [0.05, 0.1) is 0 Å². The Balaban J connectivity index is -0.000000125. The molecule has 0 aromatic heterocycles. The van der Waals surface area contributed by atoms with Crippen LogP contribution >= 0.6 is 0 Å². The minimum Gasteiger partial charge on any atom is -0.358 e. The molecule has 0 fully saturated rings. The molecule has 0 unspecified atom stereocenters. The molecule has 1 radical (unpaired) electrons. The number of hydrogen-bond acceptors (Lipinski definition) is 0. The van der Waals surface area contributed by atoms with Gasteiger partial charge < -0.3 is 14.4 Å². The van der Waals surface area contributed by atoms with Crippen molar-refractivity contribution >= 4 is 0 Å². The van der Waals surface area contributed by atoms with Crippen LogP contribution in [-0.2, 0) is 32.7 Å². The van der Waals surface area contributed by atoms with E-state index in [1.54, 1.807) is 0 Å². The third-order valence-electron chi connectivity index (χ3n) is 0.957. The van der Waals surface area contributed by atoms with Gasteiger partial charge in [-0.15, -0.1) is 0 Å². The van der Waals surface area contributed by atoms with E-state index in [1.165, 1.54) is 0 Å². The molecule has 0 aliphatic heterocycles. The van der Waals surface area contributed by atoms with Crippen LogP contribution in [0.4, 0.5) is 0 Å². The van der Waals surface area contributed by atoms with Gasteiger partial charge in [-0.2, -0.15) is 5.41 Å². The van der Waals surface area contributed by atoms with E-state index < -0.39 is 0 Å². The fourth-order valence-electron chi connectivity index (χ4n) is 0. The monoisotopic (exact) mass is 189 g/mol. The Kier molecular flexibility index (Phi) is 12.5. The van der Waals surface area contributed by atoms with Crippen LogP contribution < -0.4 is 0 Å². The fraction of sp³-hybridized carbons (Fsp3) is 0.714. The van der Waals surface area contributed by atoms with Gasteiger partial charge >= 0.3 is 0 Å². The molecule has 8 heavy (non-hydrogen) atoms. The summed E-state index contributed by atoms with van der Waals surface area (Å²) in [5.74, 6) is 0. The zero-order valence-electron chi connectivity index (χ0n) is 6.49. The van der Waals surface area contributed by atoms with Crippen molar-refractivity contribution in [3.05, 3.63) is 14.4 Å². The first-order chi connectivity index (χ1) is 2.56. The van der Waals surface area contributed by atoms with Crippen molar-refractivity contribution in [3.8, 4) is 0 Å². The fourth-order valence-corrected chi connectivity index (χ4v) is 0. The van der Waals surface area contributed by atoms with Crippen molar-refractivity contribution < 1.29 is 32.7 Å². The van der Waals surface area contributed by atoms with E-state index in [4.69, 9.17) is 0 Å². The van der Waals surface area contributed by atoms with Crippen molar-refractivity contribution in [2.75, 3.05) is 0 Å². The molecule has 49 valence electrons. The molecule has 0 saturated carbocycles. The molecule has 0 atom stereocenters. The molecule has 0 bridgehead atoms. The van der Waals surface area contributed by atoms with Crippen LogP contribution in [0.5, 0.6) is 0 Å². The van der Waals surface area contributed by atoms with Crippen LogP contribution in [0.2, 0.25) is 0 Å². The summed E-state index contributed by atoms with van der Waals surface area (Å²) in [4.78, 5) is 0. The van der Waals surface area contributed by atoms with E-state index in [9.17, 15) is 0 Å². The Hall–Kier alpha value is 1.10. The van der Waals surface area contributed by atoms with E-state index in [0.29, 0.717) is 5.41 Å². The predicted molar refractivity (Wildman–Crippen MR) is 35.8 cm³/mol. The minimum absolute atomic E-state index is 0. The number of hydrogen-bond donors (Lipinski definition) is 0. The Morgan fingerprint density at radius 2 is 1.50 bits per heavy atom. The molecule has 0 aliphatic carbocycles. The van der Waals surface area contributed by atoms with Gasteiger partial charge in [0.15, 0.2) is 0 Å². The molecule has 0 spiro atoms. The molecule has 1 heteroatoms. The Morgan fingerprint density at radius 1 is 1.38 bits per heavy atom. The summed E-state index contributed by atoms with van der Waals surface area (Å²) in [5.41, 5.74) is 0.292. The molecule has 0 aromatic rings. The van der Waals surface area contributed by atoms with Crippen molar-refractivity contribution in [2.45, 2.75) is 27.2 Å². The molecule has 0 aromatic carbocycles. The maximum absolute atomic E-state index is 3.89. The van der Waals surface area contributed by atoms with Crippen molar-refractivity contribution in [2.24, 2.45) is 5.41 Å². The van der Waals surface area contributed by atoms with Crippen LogP contribution in [0.3, 0.4) is 0 Å². The average molecular weight is 189 g/mol. The maximum atomic E-state index is 3.89. The Labute approximate surface area is 79.3 Å². The molecular formula is C7H16Y-2. The van der Waals surface area contributed by atoms with E-state index in [0.717, 1.165) is 6.42 Å². The standard InChI is InChI=1S/C6H13.CH3.Y/c1-5-6(2,3)4;;/h2,5H2,1,3-4H3;1H3;/q2*-1;. The SMILES string of the molecule is [CH2-]C(C)(C)CC.[CH3-].[Y]. The van der Waals surface area contributed by atoms with Crippen molar-refractivity contribution in [1.29, 1.82) is 0 Å². The topological polar surface area (TPSA) is 0 Å². The zero-order chi connectivity index (χ0) is 5.21. The second-order valence-corrected chi connectivity index (χ2v) is 2.52. The molecule has 0 nitrogen and oxygen atoms in total. The van der Waals surface area contributed by atoms with Gasteiger partial charge in [0, 0.05) is 32.7 Å². The average Bonchev–Trinajstić information content (AvgIpc) is 1.35. The van der Waals surface area contributed by atoms with Crippen molar-refractivity contribution in [1.82, 2.24) is 0 Å². The Bertz CT molecular complexity index is 34.1. The Morgan fingerprint density at radius 3 is 1.50 bits per heavy atom. The van der Waals surface area contributed by atoms with Gasteiger partial charge in [0.2, 0.25) is 0 Å². The van der Waals surface area contributed by atoms with Crippen LogP contribution in [0, 0.1) is 19.8 Å². The van der Waals surface area contributed by atoms with Gasteiger partial charge in [0.25, 0.3) is 0 Å². The van der Waals surface area contributed by atoms with Gasteiger partial charge in [-0.1, -0.05) is 27.2 Å². The van der Waals surface area contributed by atoms with E-state index in [2.05, 4.69) is 27.7 Å². The molecule has 0 rings (SSSR count). The van der Waals surface area contributed by atoms with E-state index in [-0.39, 0.29) is 40.1 Å². The van der Waals surface area contributed by atoms with E-state index in [1.807, 2.05) is 0 Å². The van der Waals surface area contributed by atoms with Gasteiger partial charge in [-0.05, 0) is 0 Å². The smallest absolute Gasteiger partial charge is 0 e. The second kappa shape index (κ2) is 6.23. The third kappa shape index (κ3) is 15.7. The normalized spacial score (nSPS) is 9.00. The number of rotatable bonds is 1. The summed E-state index contributed by atoms with van der Waals surface area (Å²) in [7, 11) is 0. The van der Waals surface area contributed by atoms with Crippen LogP contribution in [0.1, 0.15) is 27.2 Å². The molecular weight excluding hydrogens is 173 g/mol. The summed E-state index contributed by atoms with van der Waals surface area (Å²) in [6.07, 6.45) is 1.16.